The van der Waals surface area contributed by atoms with Gasteiger partial charge < -0.3 is 4.74 Å². The van der Waals surface area contributed by atoms with Crippen LogP contribution in [0.2, 0.25) is 0 Å². The van der Waals surface area contributed by atoms with Crippen LogP contribution in [0.4, 0.5) is 0 Å². The van der Waals surface area contributed by atoms with E-state index in [1.165, 1.54) is 11.3 Å². The fourth-order valence-corrected chi connectivity index (χ4v) is 1.76. The topological polar surface area (TPSA) is 39.2 Å². The van der Waals surface area contributed by atoms with Crippen molar-refractivity contribution in [2.45, 2.75) is 6.92 Å². The smallest absolute Gasteiger partial charge is 0.372 e. The lowest BCUT2D eigenvalue weighted by atomic mass is 10.3. The Bertz CT molecular complexity index is 464. The number of aryl methyl sites for hydroxylation is 1. The lowest BCUT2D eigenvalue weighted by molar-refractivity contribution is 0.0734. The Morgan fingerprint density at radius 2 is 2.07 bits per heavy atom. The first-order valence-corrected chi connectivity index (χ1v) is 5.33. The van der Waals surface area contributed by atoms with Crippen molar-refractivity contribution in [2.75, 3.05) is 0 Å². The van der Waals surface area contributed by atoms with Crippen LogP contribution in [0.1, 0.15) is 15.5 Å². The van der Waals surface area contributed by atoms with Gasteiger partial charge in [-0.25, -0.2) is 9.78 Å². The molecule has 0 fully saturated rings. The molecule has 0 radical (unpaired) electrons. The van der Waals surface area contributed by atoms with Crippen LogP contribution in [0.15, 0.2) is 35.7 Å². The van der Waals surface area contributed by atoms with Crippen molar-refractivity contribution >= 4 is 17.3 Å². The molecule has 0 bridgehead atoms. The van der Waals surface area contributed by atoms with E-state index in [2.05, 4.69) is 4.98 Å². The highest BCUT2D eigenvalue weighted by atomic mass is 32.1. The molecule has 0 aliphatic heterocycles. The highest BCUT2D eigenvalue weighted by Gasteiger charge is 2.11. The van der Waals surface area contributed by atoms with E-state index in [1.54, 1.807) is 12.1 Å². The van der Waals surface area contributed by atoms with Crippen LogP contribution in [-0.2, 0) is 0 Å². The van der Waals surface area contributed by atoms with Gasteiger partial charge in [0.2, 0.25) is 5.01 Å². The molecule has 76 valence electrons. The largest absolute Gasteiger partial charge is 0.421 e. The van der Waals surface area contributed by atoms with Gasteiger partial charge in [0.15, 0.2) is 0 Å². The van der Waals surface area contributed by atoms with Crippen LogP contribution in [0.3, 0.4) is 0 Å². The van der Waals surface area contributed by atoms with E-state index in [9.17, 15) is 4.79 Å². The summed E-state index contributed by atoms with van der Waals surface area (Å²) in [7, 11) is 0. The van der Waals surface area contributed by atoms with E-state index in [0.29, 0.717) is 10.8 Å². The summed E-state index contributed by atoms with van der Waals surface area (Å²) in [5, 5.41) is 2.21. The number of hydrogen-bond donors (Lipinski definition) is 0. The SMILES string of the molecule is Cc1csc(C(=O)Oc2ccccc2)n1. The zero-order valence-corrected chi connectivity index (χ0v) is 8.95. The molecule has 0 aliphatic rings. The molecule has 2 rings (SSSR count). The molecule has 0 unspecified atom stereocenters. The predicted molar refractivity (Wildman–Crippen MR) is 58.3 cm³/mol. The molecule has 2 aromatic rings. The second-order valence-electron chi connectivity index (χ2n) is 3.00. The Balaban J connectivity index is 2.11. The van der Waals surface area contributed by atoms with Crippen molar-refractivity contribution in [2.24, 2.45) is 0 Å². The van der Waals surface area contributed by atoms with Crippen molar-refractivity contribution in [3.63, 3.8) is 0 Å². The van der Waals surface area contributed by atoms with Gasteiger partial charge in [0.1, 0.15) is 5.75 Å². The van der Waals surface area contributed by atoms with Gasteiger partial charge in [-0.15, -0.1) is 11.3 Å². The summed E-state index contributed by atoms with van der Waals surface area (Å²) in [4.78, 5) is 15.6. The van der Waals surface area contributed by atoms with Gasteiger partial charge in [0, 0.05) is 11.1 Å². The monoisotopic (exact) mass is 219 g/mol. The van der Waals surface area contributed by atoms with E-state index in [-0.39, 0.29) is 0 Å². The van der Waals surface area contributed by atoms with Gasteiger partial charge in [-0.1, -0.05) is 18.2 Å². The third-order valence-corrected chi connectivity index (χ3v) is 2.69. The standard InChI is InChI=1S/C11H9NO2S/c1-8-7-15-10(12-8)11(13)14-9-5-3-2-4-6-9/h2-7H,1H3. The minimum atomic E-state index is -0.403. The summed E-state index contributed by atoms with van der Waals surface area (Å²) in [5.41, 5.74) is 0.833. The van der Waals surface area contributed by atoms with Gasteiger partial charge in [-0.05, 0) is 19.1 Å². The Hall–Kier alpha value is -1.68. The maximum absolute atomic E-state index is 11.6. The third kappa shape index (κ3) is 2.41. The molecule has 0 spiro atoms. The molecular weight excluding hydrogens is 210 g/mol. The van der Waals surface area contributed by atoms with E-state index < -0.39 is 5.97 Å². The first kappa shape index (κ1) is 9.86. The second kappa shape index (κ2) is 4.23. The zero-order valence-electron chi connectivity index (χ0n) is 8.14. The normalized spacial score (nSPS) is 9.93. The summed E-state index contributed by atoms with van der Waals surface area (Å²) < 4.78 is 5.12. The predicted octanol–water partition coefficient (Wildman–Crippen LogP) is 2.67. The Labute approximate surface area is 91.4 Å². The molecule has 0 saturated heterocycles. The highest BCUT2D eigenvalue weighted by molar-refractivity contribution is 7.11. The first-order valence-electron chi connectivity index (χ1n) is 4.45. The molecule has 1 aromatic carbocycles. The maximum Gasteiger partial charge on any atom is 0.372 e. The van der Waals surface area contributed by atoms with E-state index in [1.807, 2.05) is 30.5 Å². The molecule has 3 nitrogen and oxygen atoms in total. The fraction of sp³-hybridized carbons (Fsp3) is 0.0909. The molecule has 0 amide bonds. The Kier molecular flexibility index (Phi) is 2.78. The van der Waals surface area contributed by atoms with Crippen LogP contribution in [0.5, 0.6) is 5.75 Å². The number of rotatable bonds is 2. The lowest BCUT2D eigenvalue weighted by Crippen LogP contribution is -2.07. The van der Waals surface area contributed by atoms with Gasteiger partial charge >= 0.3 is 5.97 Å². The Morgan fingerprint density at radius 1 is 1.33 bits per heavy atom. The molecule has 0 aliphatic carbocycles. The number of carbonyl (C=O) groups excluding carboxylic acids is 1. The molecule has 1 heterocycles. The number of ether oxygens (including phenoxy) is 1. The van der Waals surface area contributed by atoms with Gasteiger partial charge in [0.05, 0.1) is 0 Å². The average molecular weight is 219 g/mol. The summed E-state index contributed by atoms with van der Waals surface area (Å²) in [6.45, 7) is 1.84. The summed E-state index contributed by atoms with van der Waals surface area (Å²) in [6.07, 6.45) is 0. The van der Waals surface area contributed by atoms with Gasteiger partial charge in [-0.2, -0.15) is 0 Å². The van der Waals surface area contributed by atoms with Crippen molar-refractivity contribution in [1.82, 2.24) is 4.98 Å². The quantitative estimate of drug-likeness (QED) is 0.575. The van der Waals surface area contributed by atoms with Crippen LogP contribution < -0.4 is 4.74 Å². The minimum absolute atomic E-state index is 0.386. The van der Waals surface area contributed by atoms with Crippen molar-refractivity contribution in [3.8, 4) is 5.75 Å². The zero-order chi connectivity index (χ0) is 10.7. The van der Waals surface area contributed by atoms with Crippen molar-refractivity contribution in [1.29, 1.82) is 0 Å². The molecule has 4 heteroatoms. The van der Waals surface area contributed by atoms with E-state index >= 15 is 0 Å². The molecule has 1 aromatic heterocycles. The number of thiazole rings is 1. The van der Waals surface area contributed by atoms with Crippen LogP contribution >= 0.6 is 11.3 Å². The van der Waals surface area contributed by atoms with Crippen LogP contribution in [-0.4, -0.2) is 11.0 Å². The third-order valence-electron chi connectivity index (χ3n) is 1.75. The average Bonchev–Trinajstić information content (AvgIpc) is 2.66. The number of hydrogen-bond acceptors (Lipinski definition) is 4. The number of para-hydroxylation sites is 1. The molecule has 0 atom stereocenters. The summed E-state index contributed by atoms with van der Waals surface area (Å²) >= 11 is 1.29. The van der Waals surface area contributed by atoms with Gasteiger partial charge in [-0.3, -0.25) is 0 Å². The van der Waals surface area contributed by atoms with Crippen LogP contribution in [0.25, 0.3) is 0 Å². The first-order chi connectivity index (χ1) is 7.25. The van der Waals surface area contributed by atoms with Crippen molar-refractivity contribution in [3.05, 3.63) is 46.4 Å². The minimum Gasteiger partial charge on any atom is -0.421 e. The van der Waals surface area contributed by atoms with E-state index in [4.69, 9.17) is 4.74 Å². The maximum atomic E-state index is 11.6. The van der Waals surface area contributed by atoms with Gasteiger partial charge in [0.25, 0.3) is 0 Å². The van der Waals surface area contributed by atoms with E-state index in [0.717, 1.165) is 5.69 Å². The molecule has 15 heavy (non-hydrogen) atoms. The second-order valence-corrected chi connectivity index (χ2v) is 3.85. The number of esters is 1. The fourth-order valence-electron chi connectivity index (χ4n) is 1.09. The molecular formula is C11H9NO2S. The molecule has 0 saturated carbocycles. The number of aromatic nitrogens is 1. The summed E-state index contributed by atoms with van der Waals surface area (Å²) in [6, 6.07) is 8.97. The Morgan fingerprint density at radius 3 is 2.67 bits per heavy atom. The highest BCUT2D eigenvalue weighted by Crippen LogP contribution is 2.14. The van der Waals surface area contributed by atoms with Crippen molar-refractivity contribution < 1.29 is 9.53 Å². The number of benzene rings is 1. The van der Waals surface area contributed by atoms with Crippen LogP contribution in [0, 0.1) is 6.92 Å². The lowest BCUT2D eigenvalue weighted by Gasteiger charge is -2.00. The summed E-state index contributed by atoms with van der Waals surface area (Å²) in [5.74, 6) is 0.134. The number of nitrogens with zero attached hydrogens (tertiary/aromatic N) is 1. The molecule has 0 N–H and O–H groups in total. The number of carbonyl (C=O) groups is 1.